The van der Waals surface area contributed by atoms with E-state index in [2.05, 4.69) is 9.89 Å². The zero-order valence-corrected chi connectivity index (χ0v) is 9.96. The number of benzene rings is 1. The first kappa shape index (κ1) is 14.4. The Morgan fingerprint density at radius 1 is 1.50 bits per heavy atom. The number of nitrogens with zero attached hydrogens (tertiary/aromatic N) is 1. The first-order chi connectivity index (χ1) is 8.25. The number of halogens is 4. The Kier molecular flexibility index (Phi) is 4.28. The molecule has 0 aromatic heterocycles. The summed E-state index contributed by atoms with van der Waals surface area (Å²) in [6.07, 6.45) is -6.42. The van der Waals surface area contributed by atoms with Gasteiger partial charge in [-0.15, -0.1) is 0 Å². The quantitative estimate of drug-likeness (QED) is 0.388. The van der Waals surface area contributed by atoms with E-state index < -0.39 is 12.3 Å². The van der Waals surface area contributed by atoms with Gasteiger partial charge in [-0.1, -0.05) is 16.8 Å². The maximum absolute atomic E-state index is 12.3. The lowest BCUT2D eigenvalue weighted by atomic mass is 10.2. The predicted octanol–water partition coefficient (Wildman–Crippen LogP) is 2.76. The molecular weight excluding hydrogens is 273 g/mol. The van der Waals surface area contributed by atoms with Crippen molar-refractivity contribution in [3.8, 4) is 5.75 Å². The molecule has 0 aliphatic heterocycles. The summed E-state index contributed by atoms with van der Waals surface area (Å²) in [6, 6.07) is 3.72. The molecule has 8 heteroatoms. The van der Waals surface area contributed by atoms with Crippen LogP contribution in [0.15, 0.2) is 23.4 Å². The van der Waals surface area contributed by atoms with Crippen LogP contribution < -0.4 is 10.5 Å². The van der Waals surface area contributed by atoms with Crippen LogP contribution in [-0.4, -0.2) is 23.3 Å². The van der Waals surface area contributed by atoms with Gasteiger partial charge < -0.3 is 15.7 Å². The fraction of sp³-hybridized carbons (Fsp3) is 0.300. The Morgan fingerprint density at radius 3 is 2.56 bits per heavy atom. The number of alkyl halides is 3. The number of hydrogen-bond acceptors (Lipinski definition) is 3. The van der Waals surface area contributed by atoms with Crippen LogP contribution in [-0.2, 0) is 0 Å². The van der Waals surface area contributed by atoms with Crippen molar-refractivity contribution in [1.82, 2.24) is 0 Å². The van der Waals surface area contributed by atoms with Crippen LogP contribution in [0.25, 0.3) is 0 Å². The van der Waals surface area contributed by atoms with Gasteiger partial charge in [0.1, 0.15) is 5.75 Å². The van der Waals surface area contributed by atoms with Crippen LogP contribution >= 0.6 is 11.6 Å². The van der Waals surface area contributed by atoms with Gasteiger partial charge in [0.15, 0.2) is 11.9 Å². The lowest BCUT2D eigenvalue weighted by Crippen LogP contribution is -2.31. The molecule has 0 saturated carbocycles. The molecule has 18 heavy (non-hydrogen) atoms. The standard InChI is InChI=1S/C10H10ClF3N2O2/c1-5(10(12,13)14)18-6-2-3-7(8(11)4-6)9(15)16-17/h2-5,17H,1H3,(H2,15,16). The average molecular weight is 283 g/mol. The van der Waals surface area contributed by atoms with Crippen LogP contribution in [0.3, 0.4) is 0 Å². The fourth-order valence-corrected chi connectivity index (χ4v) is 1.37. The maximum atomic E-state index is 12.3. The van der Waals surface area contributed by atoms with Crippen molar-refractivity contribution in [1.29, 1.82) is 0 Å². The van der Waals surface area contributed by atoms with Gasteiger partial charge in [-0.2, -0.15) is 13.2 Å². The van der Waals surface area contributed by atoms with Gasteiger partial charge in [-0.25, -0.2) is 0 Å². The summed E-state index contributed by atoms with van der Waals surface area (Å²) < 4.78 is 41.5. The molecule has 0 amide bonds. The zero-order valence-electron chi connectivity index (χ0n) is 9.20. The van der Waals surface area contributed by atoms with Crippen LogP contribution in [0.4, 0.5) is 13.2 Å². The number of ether oxygens (including phenoxy) is 1. The molecule has 1 aromatic rings. The van der Waals surface area contributed by atoms with Crippen molar-refractivity contribution in [3.63, 3.8) is 0 Å². The smallest absolute Gasteiger partial charge is 0.425 e. The Morgan fingerprint density at radius 2 is 2.11 bits per heavy atom. The molecule has 4 nitrogen and oxygen atoms in total. The Bertz CT molecular complexity index is 463. The van der Waals surface area contributed by atoms with E-state index in [1.807, 2.05) is 0 Å². The van der Waals surface area contributed by atoms with Crippen molar-refractivity contribution in [2.75, 3.05) is 0 Å². The van der Waals surface area contributed by atoms with Gasteiger partial charge in [-0.05, 0) is 25.1 Å². The molecule has 0 radical (unpaired) electrons. The summed E-state index contributed by atoms with van der Waals surface area (Å²) in [7, 11) is 0. The van der Waals surface area contributed by atoms with E-state index >= 15 is 0 Å². The molecule has 0 spiro atoms. The van der Waals surface area contributed by atoms with Gasteiger partial charge in [-0.3, -0.25) is 0 Å². The topological polar surface area (TPSA) is 67.8 Å². The molecule has 0 bridgehead atoms. The van der Waals surface area contributed by atoms with Crippen molar-refractivity contribution in [3.05, 3.63) is 28.8 Å². The molecular formula is C10H10ClF3N2O2. The highest BCUT2D eigenvalue weighted by Gasteiger charge is 2.38. The van der Waals surface area contributed by atoms with Crippen molar-refractivity contribution in [2.24, 2.45) is 10.9 Å². The number of hydrogen-bond donors (Lipinski definition) is 2. The minimum atomic E-state index is -4.46. The van der Waals surface area contributed by atoms with Crippen molar-refractivity contribution < 1.29 is 23.1 Å². The fourth-order valence-electron chi connectivity index (χ4n) is 1.10. The summed E-state index contributed by atoms with van der Waals surface area (Å²) in [5, 5.41) is 11.2. The van der Waals surface area contributed by atoms with Crippen LogP contribution in [0.5, 0.6) is 5.75 Å². The van der Waals surface area contributed by atoms with E-state index in [0.717, 1.165) is 13.0 Å². The van der Waals surface area contributed by atoms with Gasteiger partial charge in [0.25, 0.3) is 0 Å². The molecule has 1 aromatic carbocycles. The van der Waals surface area contributed by atoms with Gasteiger partial charge in [0, 0.05) is 5.56 Å². The first-order valence-corrected chi connectivity index (χ1v) is 5.14. The molecule has 0 saturated heterocycles. The second-order valence-electron chi connectivity index (χ2n) is 3.43. The molecule has 1 atom stereocenters. The number of nitrogens with two attached hydrogens (primary N) is 1. The Balaban J connectivity index is 2.92. The Hall–Kier alpha value is -1.63. The highest BCUT2D eigenvalue weighted by atomic mass is 35.5. The van der Waals surface area contributed by atoms with E-state index in [-0.39, 0.29) is 22.2 Å². The molecule has 3 N–H and O–H groups in total. The largest absolute Gasteiger partial charge is 0.481 e. The third kappa shape index (κ3) is 3.43. The minimum absolute atomic E-state index is 0.0252. The molecule has 100 valence electrons. The minimum Gasteiger partial charge on any atom is -0.481 e. The molecule has 0 heterocycles. The molecule has 1 rings (SSSR count). The molecule has 1 unspecified atom stereocenters. The van der Waals surface area contributed by atoms with Gasteiger partial charge in [0.05, 0.1) is 5.02 Å². The number of amidine groups is 1. The summed E-state index contributed by atoms with van der Waals surface area (Å²) in [4.78, 5) is 0. The Labute approximate surface area is 106 Å². The van der Waals surface area contributed by atoms with Crippen LogP contribution in [0.2, 0.25) is 5.02 Å². The lowest BCUT2D eigenvalue weighted by Gasteiger charge is -2.18. The third-order valence-corrected chi connectivity index (χ3v) is 2.41. The second kappa shape index (κ2) is 5.34. The average Bonchev–Trinajstić information content (AvgIpc) is 2.27. The highest BCUT2D eigenvalue weighted by Crippen LogP contribution is 2.27. The maximum Gasteiger partial charge on any atom is 0.425 e. The summed E-state index contributed by atoms with van der Waals surface area (Å²) in [5.41, 5.74) is 5.51. The van der Waals surface area contributed by atoms with Crippen LogP contribution in [0.1, 0.15) is 12.5 Å². The van der Waals surface area contributed by atoms with Gasteiger partial charge >= 0.3 is 6.18 Å². The SMILES string of the molecule is CC(Oc1ccc(C(N)=NO)c(Cl)c1)C(F)(F)F. The number of rotatable bonds is 3. The first-order valence-electron chi connectivity index (χ1n) is 4.76. The predicted molar refractivity (Wildman–Crippen MR) is 60.1 cm³/mol. The summed E-state index contributed by atoms with van der Waals surface area (Å²) in [5.74, 6) is -0.297. The van der Waals surface area contributed by atoms with E-state index in [9.17, 15) is 13.2 Å². The van der Waals surface area contributed by atoms with E-state index in [4.69, 9.17) is 22.5 Å². The third-order valence-electron chi connectivity index (χ3n) is 2.10. The molecule has 0 fully saturated rings. The summed E-state index contributed by atoms with van der Waals surface area (Å²) in [6.45, 7) is 0.880. The molecule has 0 aliphatic carbocycles. The van der Waals surface area contributed by atoms with Crippen LogP contribution in [0, 0.1) is 0 Å². The highest BCUT2D eigenvalue weighted by molar-refractivity contribution is 6.34. The normalized spacial score (nSPS) is 14.4. The van der Waals surface area contributed by atoms with Crippen molar-refractivity contribution >= 4 is 17.4 Å². The lowest BCUT2D eigenvalue weighted by molar-refractivity contribution is -0.189. The molecule has 0 aliphatic rings. The van der Waals surface area contributed by atoms with E-state index in [1.165, 1.54) is 12.1 Å². The van der Waals surface area contributed by atoms with Gasteiger partial charge in [0.2, 0.25) is 0 Å². The zero-order chi connectivity index (χ0) is 13.9. The monoisotopic (exact) mass is 282 g/mol. The second-order valence-corrected chi connectivity index (χ2v) is 3.84. The van der Waals surface area contributed by atoms with E-state index in [1.54, 1.807) is 0 Å². The summed E-state index contributed by atoms with van der Waals surface area (Å²) >= 11 is 5.77. The van der Waals surface area contributed by atoms with Crippen molar-refractivity contribution in [2.45, 2.75) is 19.2 Å². The van der Waals surface area contributed by atoms with E-state index in [0.29, 0.717) is 0 Å². The number of oxime groups is 1.